The van der Waals surface area contributed by atoms with E-state index in [1.54, 1.807) is 11.3 Å². The van der Waals surface area contributed by atoms with Gasteiger partial charge in [0.2, 0.25) is 0 Å². The molecule has 0 aliphatic heterocycles. The van der Waals surface area contributed by atoms with E-state index in [2.05, 4.69) is 24.4 Å². The van der Waals surface area contributed by atoms with Crippen LogP contribution < -0.4 is 5.32 Å². The molecular weight excluding hydrogens is 274 g/mol. The van der Waals surface area contributed by atoms with Gasteiger partial charge in [-0.1, -0.05) is 31.4 Å². The number of hydrogen-bond donors (Lipinski definition) is 1. The molecule has 1 aromatic heterocycles. The van der Waals surface area contributed by atoms with Gasteiger partial charge in [-0.2, -0.15) is 0 Å². The SMILES string of the molecule is CCC1CCC(CNC2CC2)C(c2ccc(Cl)s2)C1. The molecule has 2 saturated carbocycles. The zero-order valence-electron chi connectivity index (χ0n) is 11.7. The Bertz CT molecular complexity index is 413. The fourth-order valence-electron chi connectivity index (χ4n) is 3.42. The van der Waals surface area contributed by atoms with E-state index in [4.69, 9.17) is 11.6 Å². The molecule has 2 aliphatic carbocycles. The highest BCUT2D eigenvalue weighted by Gasteiger charge is 2.33. The van der Waals surface area contributed by atoms with Gasteiger partial charge in [0.15, 0.2) is 0 Å². The average Bonchev–Trinajstić information content (AvgIpc) is 3.17. The van der Waals surface area contributed by atoms with Crippen molar-refractivity contribution in [1.82, 2.24) is 5.32 Å². The van der Waals surface area contributed by atoms with Crippen molar-refractivity contribution in [3.8, 4) is 0 Å². The van der Waals surface area contributed by atoms with Gasteiger partial charge >= 0.3 is 0 Å². The molecular formula is C16H24ClNS. The van der Waals surface area contributed by atoms with Gasteiger partial charge in [-0.3, -0.25) is 0 Å². The first-order chi connectivity index (χ1) is 9.26. The smallest absolute Gasteiger partial charge is 0.0931 e. The zero-order chi connectivity index (χ0) is 13.2. The predicted molar refractivity (Wildman–Crippen MR) is 84.2 cm³/mol. The van der Waals surface area contributed by atoms with Crippen LogP contribution >= 0.6 is 22.9 Å². The number of nitrogens with one attached hydrogen (secondary N) is 1. The van der Waals surface area contributed by atoms with Crippen LogP contribution in [0, 0.1) is 11.8 Å². The van der Waals surface area contributed by atoms with Gasteiger partial charge in [0.25, 0.3) is 0 Å². The summed E-state index contributed by atoms with van der Waals surface area (Å²) in [7, 11) is 0. The highest BCUT2D eigenvalue weighted by atomic mass is 35.5. The van der Waals surface area contributed by atoms with Crippen LogP contribution in [0.2, 0.25) is 4.34 Å². The van der Waals surface area contributed by atoms with E-state index in [-0.39, 0.29) is 0 Å². The number of rotatable bonds is 5. The summed E-state index contributed by atoms with van der Waals surface area (Å²) in [5.74, 6) is 2.48. The summed E-state index contributed by atoms with van der Waals surface area (Å²) in [6.45, 7) is 3.55. The van der Waals surface area contributed by atoms with E-state index < -0.39 is 0 Å². The standard InChI is InChI=1S/C16H24ClNS/c1-2-11-3-4-12(10-18-13-5-6-13)14(9-11)15-7-8-16(17)19-15/h7-8,11-14,18H,2-6,9-10H2,1H3. The van der Waals surface area contributed by atoms with Crippen LogP contribution in [0.4, 0.5) is 0 Å². The highest BCUT2D eigenvalue weighted by molar-refractivity contribution is 7.16. The first-order valence-electron chi connectivity index (χ1n) is 7.75. The van der Waals surface area contributed by atoms with Crippen LogP contribution in [0.1, 0.15) is 56.2 Å². The summed E-state index contributed by atoms with van der Waals surface area (Å²) in [5, 5.41) is 3.74. The van der Waals surface area contributed by atoms with Gasteiger partial charge in [-0.05, 0) is 62.1 Å². The van der Waals surface area contributed by atoms with Crippen molar-refractivity contribution in [2.45, 2.75) is 57.4 Å². The Hall–Kier alpha value is -0.0500. The molecule has 0 saturated heterocycles. The third-order valence-electron chi connectivity index (χ3n) is 4.88. The molecule has 1 heterocycles. The van der Waals surface area contributed by atoms with Crippen molar-refractivity contribution >= 4 is 22.9 Å². The largest absolute Gasteiger partial charge is 0.314 e. The Labute approximate surface area is 125 Å². The van der Waals surface area contributed by atoms with Crippen molar-refractivity contribution in [3.63, 3.8) is 0 Å². The number of thiophene rings is 1. The normalized spacial score (nSPS) is 31.6. The summed E-state index contributed by atoms with van der Waals surface area (Å²) in [5.41, 5.74) is 0. The Balaban J connectivity index is 1.68. The fourth-order valence-corrected chi connectivity index (χ4v) is 4.68. The summed E-state index contributed by atoms with van der Waals surface area (Å²) in [6, 6.07) is 5.17. The molecule has 2 aliphatic rings. The molecule has 0 amide bonds. The fraction of sp³-hybridized carbons (Fsp3) is 0.750. The second kappa shape index (κ2) is 6.15. The molecule has 0 radical (unpaired) electrons. The lowest BCUT2D eigenvalue weighted by Gasteiger charge is -2.35. The Kier molecular flexibility index (Phi) is 4.51. The first-order valence-corrected chi connectivity index (χ1v) is 8.94. The van der Waals surface area contributed by atoms with Gasteiger partial charge in [-0.25, -0.2) is 0 Å². The van der Waals surface area contributed by atoms with Gasteiger partial charge in [0.05, 0.1) is 4.34 Å². The molecule has 1 N–H and O–H groups in total. The topological polar surface area (TPSA) is 12.0 Å². The van der Waals surface area contributed by atoms with Crippen LogP contribution in [0.3, 0.4) is 0 Å². The second-order valence-electron chi connectivity index (χ2n) is 6.28. The van der Waals surface area contributed by atoms with E-state index in [0.29, 0.717) is 0 Å². The van der Waals surface area contributed by atoms with E-state index >= 15 is 0 Å². The lowest BCUT2D eigenvalue weighted by molar-refractivity contribution is 0.227. The molecule has 0 bridgehead atoms. The van der Waals surface area contributed by atoms with Gasteiger partial charge in [-0.15, -0.1) is 11.3 Å². The summed E-state index contributed by atoms with van der Waals surface area (Å²) in [6.07, 6.45) is 8.28. The predicted octanol–water partition coefficient (Wildman–Crippen LogP) is 5.06. The maximum Gasteiger partial charge on any atom is 0.0931 e. The van der Waals surface area contributed by atoms with Gasteiger partial charge < -0.3 is 5.32 Å². The third-order valence-corrected chi connectivity index (χ3v) is 6.25. The van der Waals surface area contributed by atoms with Crippen molar-refractivity contribution in [3.05, 3.63) is 21.3 Å². The lowest BCUT2D eigenvalue weighted by Crippen LogP contribution is -2.32. The van der Waals surface area contributed by atoms with Crippen LogP contribution in [-0.4, -0.2) is 12.6 Å². The Morgan fingerprint density at radius 1 is 1.26 bits per heavy atom. The summed E-state index contributed by atoms with van der Waals surface area (Å²) < 4.78 is 0.947. The third kappa shape index (κ3) is 3.53. The van der Waals surface area contributed by atoms with Crippen molar-refractivity contribution in [1.29, 1.82) is 0 Å². The molecule has 3 heteroatoms. The van der Waals surface area contributed by atoms with Crippen LogP contribution in [0.25, 0.3) is 0 Å². The van der Waals surface area contributed by atoms with Crippen molar-refractivity contribution in [2.24, 2.45) is 11.8 Å². The molecule has 1 aromatic rings. The minimum atomic E-state index is 0.738. The monoisotopic (exact) mass is 297 g/mol. The maximum atomic E-state index is 6.14. The molecule has 3 atom stereocenters. The van der Waals surface area contributed by atoms with Gasteiger partial charge in [0.1, 0.15) is 0 Å². The number of hydrogen-bond acceptors (Lipinski definition) is 2. The van der Waals surface area contributed by atoms with E-state index in [1.807, 2.05) is 0 Å². The van der Waals surface area contributed by atoms with Crippen LogP contribution in [0.15, 0.2) is 12.1 Å². The maximum absolute atomic E-state index is 6.14. The first kappa shape index (κ1) is 13.9. The minimum absolute atomic E-state index is 0.738. The van der Waals surface area contributed by atoms with E-state index in [0.717, 1.165) is 28.1 Å². The van der Waals surface area contributed by atoms with E-state index in [9.17, 15) is 0 Å². The Morgan fingerprint density at radius 2 is 2.11 bits per heavy atom. The van der Waals surface area contributed by atoms with Gasteiger partial charge in [0, 0.05) is 10.9 Å². The van der Waals surface area contributed by atoms with Crippen LogP contribution in [-0.2, 0) is 0 Å². The molecule has 19 heavy (non-hydrogen) atoms. The van der Waals surface area contributed by atoms with E-state index in [1.165, 1.54) is 49.9 Å². The lowest BCUT2D eigenvalue weighted by atomic mass is 9.72. The highest BCUT2D eigenvalue weighted by Crippen LogP contribution is 2.44. The van der Waals surface area contributed by atoms with Crippen molar-refractivity contribution < 1.29 is 0 Å². The molecule has 0 aromatic carbocycles. The minimum Gasteiger partial charge on any atom is -0.314 e. The molecule has 3 rings (SSSR count). The molecule has 3 unspecified atom stereocenters. The van der Waals surface area contributed by atoms with Crippen molar-refractivity contribution in [2.75, 3.05) is 6.54 Å². The summed E-state index contributed by atoms with van der Waals surface area (Å²) in [4.78, 5) is 1.52. The Morgan fingerprint density at radius 3 is 2.74 bits per heavy atom. The molecule has 0 spiro atoms. The molecule has 106 valence electrons. The second-order valence-corrected chi connectivity index (χ2v) is 8.02. The molecule has 2 fully saturated rings. The molecule has 1 nitrogen and oxygen atoms in total. The number of halogens is 1. The average molecular weight is 298 g/mol. The zero-order valence-corrected chi connectivity index (χ0v) is 13.3. The quantitative estimate of drug-likeness (QED) is 0.800. The summed E-state index contributed by atoms with van der Waals surface area (Å²) >= 11 is 7.94. The van der Waals surface area contributed by atoms with Crippen LogP contribution in [0.5, 0.6) is 0 Å².